The van der Waals surface area contributed by atoms with E-state index >= 15 is 0 Å². The standard InChI is InChI=1S/C17H24O2/c18-16(10-9-15-8-4-13-19-15)17(11-5-12-17)14-6-2-1-3-7-14/h1-3,6-7,15-16,18H,4-5,8-13H2. The van der Waals surface area contributed by atoms with Crippen molar-refractivity contribution in [3.05, 3.63) is 35.9 Å². The zero-order valence-corrected chi connectivity index (χ0v) is 11.6. The van der Waals surface area contributed by atoms with Crippen LogP contribution in [0.4, 0.5) is 0 Å². The van der Waals surface area contributed by atoms with Gasteiger partial charge in [-0.3, -0.25) is 0 Å². The molecule has 1 aliphatic carbocycles. The normalized spacial score (nSPS) is 26.9. The molecule has 2 aliphatic rings. The van der Waals surface area contributed by atoms with Gasteiger partial charge in [0.05, 0.1) is 12.2 Å². The highest BCUT2D eigenvalue weighted by Crippen LogP contribution is 2.47. The molecule has 0 spiro atoms. The van der Waals surface area contributed by atoms with Gasteiger partial charge in [-0.1, -0.05) is 36.8 Å². The van der Waals surface area contributed by atoms with E-state index in [9.17, 15) is 5.11 Å². The third-order valence-electron chi connectivity index (χ3n) is 5.02. The number of aliphatic hydroxyl groups is 1. The first-order chi connectivity index (χ1) is 9.31. The van der Waals surface area contributed by atoms with E-state index < -0.39 is 0 Å². The van der Waals surface area contributed by atoms with Crippen LogP contribution in [0.2, 0.25) is 0 Å². The zero-order valence-electron chi connectivity index (χ0n) is 11.6. The quantitative estimate of drug-likeness (QED) is 0.879. The summed E-state index contributed by atoms with van der Waals surface area (Å²) in [4.78, 5) is 0. The Balaban J connectivity index is 1.64. The van der Waals surface area contributed by atoms with Crippen molar-refractivity contribution < 1.29 is 9.84 Å². The van der Waals surface area contributed by atoms with E-state index in [1.54, 1.807) is 0 Å². The molecule has 1 aliphatic heterocycles. The van der Waals surface area contributed by atoms with Crippen LogP contribution in [0.15, 0.2) is 30.3 Å². The summed E-state index contributed by atoms with van der Waals surface area (Å²) in [7, 11) is 0. The average Bonchev–Trinajstić information content (AvgIpc) is 2.89. The molecule has 1 aromatic carbocycles. The molecule has 19 heavy (non-hydrogen) atoms. The molecule has 0 aromatic heterocycles. The van der Waals surface area contributed by atoms with Crippen LogP contribution >= 0.6 is 0 Å². The second-order valence-electron chi connectivity index (χ2n) is 6.10. The summed E-state index contributed by atoms with van der Waals surface area (Å²) < 4.78 is 5.66. The number of benzene rings is 1. The van der Waals surface area contributed by atoms with E-state index in [2.05, 4.69) is 30.3 Å². The van der Waals surface area contributed by atoms with E-state index in [4.69, 9.17) is 4.74 Å². The lowest BCUT2D eigenvalue weighted by atomic mass is 9.60. The second-order valence-corrected chi connectivity index (χ2v) is 6.10. The van der Waals surface area contributed by atoms with Gasteiger partial charge in [-0.05, 0) is 44.1 Å². The minimum Gasteiger partial charge on any atom is -0.392 e. The fourth-order valence-electron chi connectivity index (χ4n) is 3.63. The van der Waals surface area contributed by atoms with Gasteiger partial charge in [-0.15, -0.1) is 0 Å². The minimum atomic E-state index is -0.215. The minimum absolute atomic E-state index is 0.0276. The Morgan fingerprint density at radius 3 is 2.58 bits per heavy atom. The molecule has 0 bridgehead atoms. The van der Waals surface area contributed by atoms with Gasteiger partial charge in [0.25, 0.3) is 0 Å². The van der Waals surface area contributed by atoms with Gasteiger partial charge in [0, 0.05) is 12.0 Å². The summed E-state index contributed by atoms with van der Waals surface area (Å²) in [5.41, 5.74) is 1.35. The Morgan fingerprint density at radius 1 is 1.21 bits per heavy atom. The second kappa shape index (κ2) is 5.64. The third kappa shape index (κ3) is 2.56. The largest absolute Gasteiger partial charge is 0.392 e. The molecule has 2 unspecified atom stereocenters. The molecule has 3 rings (SSSR count). The first kappa shape index (κ1) is 13.1. The Kier molecular flexibility index (Phi) is 3.90. The van der Waals surface area contributed by atoms with Gasteiger partial charge in [-0.2, -0.15) is 0 Å². The number of ether oxygens (including phenoxy) is 1. The van der Waals surface area contributed by atoms with Gasteiger partial charge in [0.15, 0.2) is 0 Å². The van der Waals surface area contributed by atoms with Crippen molar-refractivity contribution in [2.45, 2.75) is 62.6 Å². The molecule has 2 nitrogen and oxygen atoms in total. The fourth-order valence-corrected chi connectivity index (χ4v) is 3.63. The first-order valence-corrected chi connectivity index (χ1v) is 7.66. The van der Waals surface area contributed by atoms with Crippen LogP contribution in [0.1, 0.15) is 50.5 Å². The molecule has 0 amide bonds. The Morgan fingerprint density at radius 2 is 2.00 bits per heavy atom. The van der Waals surface area contributed by atoms with Gasteiger partial charge in [0.1, 0.15) is 0 Å². The molecular weight excluding hydrogens is 236 g/mol. The van der Waals surface area contributed by atoms with Crippen molar-refractivity contribution in [3.8, 4) is 0 Å². The third-order valence-corrected chi connectivity index (χ3v) is 5.02. The number of hydrogen-bond acceptors (Lipinski definition) is 2. The molecule has 2 fully saturated rings. The van der Waals surface area contributed by atoms with Crippen LogP contribution in [0, 0.1) is 0 Å². The molecule has 1 N–H and O–H groups in total. The van der Waals surface area contributed by atoms with E-state index in [1.807, 2.05) is 0 Å². The van der Waals surface area contributed by atoms with Crippen molar-refractivity contribution in [1.82, 2.24) is 0 Å². The number of rotatable bonds is 5. The number of hydrogen-bond donors (Lipinski definition) is 1. The summed E-state index contributed by atoms with van der Waals surface area (Å²) in [5.74, 6) is 0. The summed E-state index contributed by atoms with van der Waals surface area (Å²) in [6.45, 7) is 0.907. The maximum atomic E-state index is 10.7. The van der Waals surface area contributed by atoms with Crippen LogP contribution in [0.25, 0.3) is 0 Å². The van der Waals surface area contributed by atoms with Crippen LogP contribution < -0.4 is 0 Å². The lowest BCUT2D eigenvalue weighted by Crippen LogP contribution is -2.45. The maximum absolute atomic E-state index is 10.7. The van der Waals surface area contributed by atoms with E-state index in [0.717, 1.165) is 32.3 Å². The zero-order chi connectivity index (χ0) is 13.1. The monoisotopic (exact) mass is 260 g/mol. The van der Waals surface area contributed by atoms with E-state index in [0.29, 0.717) is 6.10 Å². The Bertz CT molecular complexity index is 391. The number of aliphatic hydroxyl groups excluding tert-OH is 1. The smallest absolute Gasteiger partial charge is 0.0637 e. The summed E-state index contributed by atoms with van der Waals surface area (Å²) in [5, 5.41) is 10.7. The molecule has 2 atom stereocenters. The van der Waals surface area contributed by atoms with Crippen LogP contribution in [-0.2, 0) is 10.2 Å². The van der Waals surface area contributed by atoms with Crippen LogP contribution in [0.3, 0.4) is 0 Å². The van der Waals surface area contributed by atoms with Gasteiger partial charge >= 0.3 is 0 Å². The SMILES string of the molecule is OC(CCC1CCCO1)C1(c2ccccc2)CCC1. The molecule has 2 heteroatoms. The molecular formula is C17H24O2. The fraction of sp³-hybridized carbons (Fsp3) is 0.647. The van der Waals surface area contributed by atoms with Crippen LogP contribution in [0.5, 0.6) is 0 Å². The van der Waals surface area contributed by atoms with Crippen molar-refractivity contribution in [2.24, 2.45) is 0 Å². The average molecular weight is 260 g/mol. The first-order valence-electron chi connectivity index (χ1n) is 7.66. The topological polar surface area (TPSA) is 29.5 Å². The Labute approximate surface area is 115 Å². The molecule has 1 heterocycles. The highest BCUT2D eigenvalue weighted by Gasteiger charge is 2.44. The van der Waals surface area contributed by atoms with Crippen molar-refractivity contribution in [2.75, 3.05) is 6.61 Å². The summed E-state index contributed by atoms with van der Waals surface area (Å²) >= 11 is 0. The molecule has 1 aromatic rings. The molecule has 1 saturated carbocycles. The van der Waals surface area contributed by atoms with E-state index in [1.165, 1.54) is 24.8 Å². The molecule has 104 valence electrons. The van der Waals surface area contributed by atoms with Crippen molar-refractivity contribution in [1.29, 1.82) is 0 Å². The predicted octanol–water partition coefficient (Wildman–Crippen LogP) is 3.43. The predicted molar refractivity (Wildman–Crippen MR) is 76.2 cm³/mol. The van der Waals surface area contributed by atoms with Crippen molar-refractivity contribution >= 4 is 0 Å². The molecule has 1 saturated heterocycles. The Hall–Kier alpha value is -0.860. The van der Waals surface area contributed by atoms with Gasteiger partial charge in [0.2, 0.25) is 0 Å². The lowest BCUT2D eigenvalue weighted by Gasteiger charge is -2.46. The van der Waals surface area contributed by atoms with Gasteiger partial charge < -0.3 is 9.84 Å². The van der Waals surface area contributed by atoms with Gasteiger partial charge in [-0.25, -0.2) is 0 Å². The maximum Gasteiger partial charge on any atom is 0.0637 e. The summed E-state index contributed by atoms with van der Waals surface area (Å²) in [6.07, 6.45) is 7.92. The summed E-state index contributed by atoms with van der Waals surface area (Å²) in [6, 6.07) is 10.6. The molecule has 0 radical (unpaired) electrons. The van der Waals surface area contributed by atoms with E-state index in [-0.39, 0.29) is 11.5 Å². The highest BCUT2D eigenvalue weighted by atomic mass is 16.5. The van der Waals surface area contributed by atoms with Crippen molar-refractivity contribution in [3.63, 3.8) is 0 Å². The highest BCUT2D eigenvalue weighted by molar-refractivity contribution is 5.29. The lowest BCUT2D eigenvalue weighted by molar-refractivity contribution is 0.00779. The van der Waals surface area contributed by atoms with Crippen LogP contribution in [-0.4, -0.2) is 23.9 Å².